The van der Waals surface area contributed by atoms with Gasteiger partial charge < -0.3 is 5.11 Å². The number of carbonyl (C=O) groups is 1. The van der Waals surface area contributed by atoms with Crippen molar-refractivity contribution in [2.75, 3.05) is 0 Å². The lowest BCUT2D eigenvalue weighted by Gasteiger charge is -2.04. The van der Waals surface area contributed by atoms with E-state index < -0.39 is 11.8 Å². The van der Waals surface area contributed by atoms with Gasteiger partial charge in [0.1, 0.15) is 5.82 Å². The van der Waals surface area contributed by atoms with E-state index in [0.717, 1.165) is 11.6 Å². The molecule has 0 atom stereocenters. The van der Waals surface area contributed by atoms with Crippen LogP contribution in [0.3, 0.4) is 0 Å². The van der Waals surface area contributed by atoms with E-state index in [9.17, 15) is 9.18 Å². The molecular weight excluding hydrogens is 287 g/mol. The van der Waals surface area contributed by atoms with Crippen LogP contribution >= 0.6 is 23.4 Å². The standard InChI is InChI=1S/C14H10ClFO2S/c15-11-4-1-9(2-5-11)8-19-13-6-3-10(14(17)18)7-12(13)16/h1-7H,8H2,(H,17,18). The molecule has 0 fully saturated rings. The third-order valence-corrected chi connectivity index (χ3v) is 3.86. The first kappa shape index (κ1) is 13.9. The molecule has 0 bridgehead atoms. The zero-order valence-corrected chi connectivity index (χ0v) is 11.3. The molecule has 0 aromatic heterocycles. The highest BCUT2D eigenvalue weighted by Gasteiger charge is 2.08. The van der Waals surface area contributed by atoms with Crippen LogP contribution in [0.5, 0.6) is 0 Å². The Kier molecular flexibility index (Phi) is 4.45. The van der Waals surface area contributed by atoms with E-state index in [4.69, 9.17) is 16.7 Å². The van der Waals surface area contributed by atoms with E-state index in [1.54, 1.807) is 12.1 Å². The summed E-state index contributed by atoms with van der Waals surface area (Å²) in [4.78, 5) is 11.1. The number of benzene rings is 2. The summed E-state index contributed by atoms with van der Waals surface area (Å²) in [7, 11) is 0. The van der Waals surface area contributed by atoms with Gasteiger partial charge in [0.15, 0.2) is 0 Å². The first-order chi connectivity index (χ1) is 9.06. The summed E-state index contributed by atoms with van der Waals surface area (Å²) < 4.78 is 13.7. The van der Waals surface area contributed by atoms with Gasteiger partial charge in [-0.3, -0.25) is 0 Å². The smallest absolute Gasteiger partial charge is 0.335 e. The normalized spacial score (nSPS) is 10.4. The molecule has 5 heteroatoms. The Morgan fingerprint density at radius 2 is 1.89 bits per heavy atom. The van der Waals surface area contributed by atoms with E-state index in [0.29, 0.717) is 15.7 Å². The molecule has 0 heterocycles. The number of carboxylic acid groups (broad SMARTS) is 1. The molecule has 0 spiro atoms. The van der Waals surface area contributed by atoms with Crippen LogP contribution in [-0.4, -0.2) is 11.1 Å². The van der Waals surface area contributed by atoms with Crippen molar-refractivity contribution in [2.45, 2.75) is 10.6 Å². The minimum absolute atomic E-state index is 0.0478. The van der Waals surface area contributed by atoms with E-state index in [1.165, 1.54) is 23.9 Å². The van der Waals surface area contributed by atoms with E-state index in [2.05, 4.69) is 0 Å². The Hall–Kier alpha value is -1.52. The fourth-order valence-corrected chi connectivity index (χ4v) is 2.49. The number of halogens is 2. The zero-order valence-electron chi connectivity index (χ0n) is 9.77. The van der Waals surface area contributed by atoms with Crippen molar-refractivity contribution in [2.24, 2.45) is 0 Å². The number of thioether (sulfide) groups is 1. The van der Waals surface area contributed by atoms with Crippen LogP contribution in [0.15, 0.2) is 47.4 Å². The Labute approximate surface area is 119 Å². The van der Waals surface area contributed by atoms with Crippen LogP contribution in [0.25, 0.3) is 0 Å². The molecule has 1 N–H and O–H groups in total. The van der Waals surface area contributed by atoms with Gasteiger partial charge in [0.2, 0.25) is 0 Å². The predicted molar refractivity (Wildman–Crippen MR) is 74.4 cm³/mol. The maximum Gasteiger partial charge on any atom is 0.335 e. The molecule has 0 saturated heterocycles. The van der Waals surface area contributed by atoms with Crippen molar-refractivity contribution in [1.82, 2.24) is 0 Å². The Morgan fingerprint density at radius 3 is 2.47 bits per heavy atom. The lowest BCUT2D eigenvalue weighted by atomic mass is 10.2. The van der Waals surface area contributed by atoms with Gasteiger partial charge in [0.25, 0.3) is 0 Å². The molecule has 2 rings (SSSR count). The average Bonchev–Trinajstić information content (AvgIpc) is 2.39. The van der Waals surface area contributed by atoms with Crippen LogP contribution in [0.2, 0.25) is 5.02 Å². The molecule has 2 aromatic rings. The second kappa shape index (κ2) is 6.08. The van der Waals surface area contributed by atoms with Crippen LogP contribution in [0, 0.1) is 5.82 Å². The van der Waals surface area contributed by atoms with Gasteiger partial charge in [-0.25, -0.2) is 9.18 Å². The summed E-state index contributed by atoms with van der Waals surface area (Å²) in [6.07, 6.45) is 0. The fourth-order valence-electron chi connectivity index (χ4n) is 1.49. The van der Waals surface area contributed by atoms with Crippen molar-refractivity contribution in [3.63, 3.8) is 0 Å². The number of aromatic carboxylic acids is 1. The van der Waals surface area contributed by atoms with Crippen molar-refractivity contribution in [3.8, 4) is 0 Å². The molecule has 0 aliphatic rings. The molecule has 2 aromatic carbocycles. The number of hydrogen-bond acceptors (Lipinski definition) is 2. The number of rotatable bonds is 4. The third-order valence-electron chi connectivity index (χ3n) is 2.49. The number of carboxylic acids is 1. The van der Waals surface area contributed by atoms with Gasteiger partial charge in [0.05, 0.1) is 5.56 Å². The van der Waals surface area contributed by atoms with Crippen LogP contribution in [0.4, 0.5) is 4.39 Å². The van der Waals surface area contributed by atoms with E-state index >= 15 is 0 Å². The molecule has 0 amide bonds. The first-order valence-electron chi connectivity index (χ1n) is 5.46. The zero-order chi connectivity index (χ0) is 13.8. The topological polar surface area (TPSA) is 37.3 Å². The summed E-state index contributed by atoms with van der Waals surface area (Å²) in [6, 6.07) is 11.2. The van der Waals surface area contributed by atoms with Gasteiger partial charge in [-0.15, -0.1) is 11.8 Å². The largest absolute Gasteiger partial charge is 0.478 e. The van der Waals surface area contributed by atoms with Gasteiger partial charge in [-0.1, -0.05) is 23.7 Å². The molecule has 2 nitrogen and oxygen atoms in total. The van der Waals surface area contributed by atoms with Crippen molar-refractivity contribution < 1.29 is 14.3 Å². The van der Waals surface area contributed by atoms with Crippen molar-refractivity contribution >= 4 is 29.3 Å². The fraction of sp³-hybridized carbons (Fsp3) is 0.0714. The molecule has 0 radical (unpaired) electrons. The van der Waals surface area contributed by atoms with Crippen LogP contribution in [-0.2, 0) is 5.75 Å². The summed E-state index contributed by atoms with van der Waals surface area (Å²) in [5.41, 5.74) is 0.976. The van der Waals surface area contributed by atoms with Gasteiger partial charge >= 0.3 is 5.97 Å². The molecule has 0 aliphatic carbocycles. The lowest BCUT2D eigenvalue weighted by Crippen LogP contribution is -1.97. The summed E-state index contributed by atoms with van der Waals surface area (Å²) >= 11 is 7.09. The molecule has 0 aliphatic heterocycles. The monoisotopic (exact) mass is 296 g/mol. The second-order valence-electron chi connectivity index (χ2n) is 3.87. The van der Waals surface area contributed by atoms with E-state index in [1.807, 2.05) is 12.1 Å². The average molecular weight is 297 g/mol. The minimum Gasteiger partial charge on any atom is -0.478 e. The maximum absolute atomic E-state index is 13.7. The molecule has 98 valence electrons. The summed E-state index contributed by atoms with van der Waals surface area (Å²) in [5.74, 6) is -1.05. The quantitative estimate of drug-likeness (QED) is 0.846. The second-order valence-corrected chi connectivity index (χ2v) is 5.32. The van der Waals surface area contributed by atoms with Gasteiger partial charge in [-0.05, 0) is 35.9 Å². The number of hydrogen-bond donors (Lipinski definition) is 1. The summed E-state index contributed by atoms with van der Waals surface area (Å²) in [5, 5.41) is 9.41. The van der Waals surface area contributed by atoms with Crippen molar-refractivity contribution in [1.29, 1.82) is 0 Å². The Bertz CT molecular complexity index is 599. The van der Waals surface area contributed by atoms with Crippen molar-refractivity contribution in [3.05, 3.63) is 64.4 Å². The van der Waals surface area contributed by atoms with Gasteiger partial charge in [-0.2, -0.15) is 0 Å². The highest BCUT2D eigenvalue weighted by Crippen LogP contribution is 2.26. The first-order valence-corrected chi connectivity index (χ1v) is 6.83. The van der Waals surface area contributed by atoms with Crippen LogP contribution in [0.1, 0.15) is 15.9 Å². The Morgan fingerprint density at radius 1 is 1.21 bits per heavy atom. The summed E-state index contributed by atoms with van der Waals surface area (Å²) in [6.45, 7) is 0. The minimum atomic E-state index is -1.13. The molecule has 0 saturated carbocycles. The SMILES string of the molecule is O=C(O)c1ccc(SCc2ccc(Cl)cc2)c(F)c1. The molecule has 0 unspecified atom stereocenters. The van der Waals surface area contributed by atoms with Gasteiger partial charge in [0, 0.05) is 15.7 Å². The molecule has 19 heavy (non-hydrogen) atoms. The maximum atomic E-state index is 13.7. The highest BCUT2D eigenvalue weighted by atomic mass is 35.5. The van der Waals surface area contributed by atoms with E-state index in [-0.39, 0.29) is 5.56 Å². The predicted octanol–water partition coefficient (Wildman–Crippen LogP) is 4.47. The lowest BCUT2D eigenvalue weighted by molar-refractivity contribution is 0.0696. The highest BCUT2D eigenvalue weighted by molar-refractivity contribution is 7.98. The third kappa shape index (κ3) is 3.72. The molecular formula is C14H10ClFO2S. The Balaban J connectivity index is 2.07. The van der Waals surface area contributed by atoms with Crippen LogP contribution < -0.4 is 0 Å².